The van der Waals surface area contributed by atoms with Gasteiger partial charge in [0.15, 0.2) is 5.82 Å². The van der Waals surface area contributed by atoms with E-state index >= 15 is 0 Å². The molecule has 1 aliphatic carbocycles. The Balaban J connectivity index is 1.08. The highest BCUT2D eigenvalue weighted by Crippen LogP contribution is 2.49. The molecule has 0 spiro atoms. The number of fused-ring (bicyclic) bond motifs is 7. The van der Waals surface area contributed by atoms with Crippen LogP contribution in [-0.2, 0) is 5.41 Å². The zero-order valence-electron chi connectivity index (χ0n) is 31.2. The number of aromatic nitrogens is 3. The number of rotatable bonds is 5. The van der Waals surface area contributed by atoms with Crippen LogP contribution in [0.2, 0.25) is 0 Å². The molecule has 0 aliphatic heterocycles. The van der Waals surface area contributed by atoms with Gasteiger partial charge in [-0.05, 0) is 86.6 Å². The van der Waals surface area contributed by atoms with Crippen LogP contribution in [0.5, 0.6) is 0 Å². The molecule has 0 amide bonds. The molecule has 0 fully saturated rings. The summed E-state index contributed by atoms with van der Waals surface area (Å²) in [5.74, 6) is 0.716. The maximum Gasteiger partial charge on any atom is 0.160 e. The standard InChI is InChI=1S/C53H37N3/c1-53(2)46-23-13-11-21-41(46)44-32-36(25-29-47(44)53)48-33-49(55-52(54-48)34-15-5-3-6-16-34)42-28-27-38(39-19-9-10-20-40(39)42)35-26-30-51-45(31-35)43-22-12-14-24-50(43)56(51)37-17-7-4-8-18-37/h3-33H,1-2H3. The summed E-state index contributed by atoms with van der Waals surface area (Å²) in [6.45, 7) is 4.65. The van der Waals surface area contributed by atoms with E-state index in [1.54, 1.807) is 0 Å². The molecule has 264 valence electrons. The van der Waals surface area contributed by atoms with E-state index in [9.17, 15) is 0 Å². The van der Waals surface area contributed by atoms with Crippen molar-refractivity contribution < 1.29 is 0 Å². The van der Waals surface area contributed by atoms with Crippen molar-refractivity contribution in [3.8, 4) is 61.8 Å². The van der Waals surface area contributed by atoms with Gasteiger partial charge < -0.3 is 4.57 Å². The van der Waals surface area contributed by atoms with Crippen LogP contribution in [-0.4, -0.2) is 14.5 Å². The molecule has 0 atom stereocenters. The Bertz CT molecular complexity index is 3150. The first-order valence-electron chi connectivity index (χ1n) is 19.3. The Labute approximate surface area is 326 Å². The molecule has 0 N–H and O–H groups in total. The van der Waals surface area contributed by atoms with Crippen LogP contribution < -0.4 is 0 Å². The maximum atomic E-state index is 5.28. The smallest absolute Gasteiger partial charge is 0.160 e. The first-order chi connectivity index (χ1) is 27.5. The fourth-order valence-electron chi connectivity index (χ4n) is 9.10. The van der Waals surface area contributed by atoms with Gasteiger partial charge >= 0.3 is 0 Å². The summed E-state index contributed by atoms with van der Waals surface area (Å²) in [5.41, 5.74) is 16.2. The molecule has 2 aromatic heterocycles. The van der Waals surface area contributed by atoms with Crippen molar-refractivity contribution in [3.05, 3.63) is 199 Å². The van der Waals surface area contributed by atoms with Crippen LogP contribution in [0.25, 0.3) is 94.4 Å². The van der Waals surface area contributed by atoms with E-state index in [1.165, 1.54) is 60.6 Å². The molecule has 0 unspecified atom stereocenters. The Morgan fingerprint density at radius 3 is 1.80 bits per heavy atom. The van der Waals surface area contributed by atoms with Crippen LogP contribution in [0.3, 0.4) is 0 Å². The molecule has 3 nitrogen and oxygen atoms in total. The van der Waals surface area contributed by atoms with Crippen LogP contribution >= 0.6 is 0 Å². The van der Waals surface area contributed by atoms with Crippen molar-refractivity contribution >= 4 is 32.6 Å². The zero-order chi connectivity index (χ0) is 37.4. The lowest BCUT2D eigenvalue weighted by molar-refractivity contribution is 0.660. The van der Waals surface area contributed by atoms with E-state index in [-0.39, 0.29) is 5.41 Å². The second-order valence-corrected chi connectivity index (χ2v) is 15.4. The summed E-state index contributed by atoms with van der Waals surface area (Å²) in [5, 5.41) is 4.83. The highest BCUT2D eigenvalue weighted by atomic mass is 15.0. The van der Waals surface area contributed by atoms with Crippen molar-refractivity contribution in [1.29, 1.82) is 0 Å². The number of hydrogen-bond acceptors (Lipinski definition) is 2. The molecule has 1 aliphatic rings. The Kier molecular flexibility index (Phi) is 7.20. The van der Waals surface area contributed by atoms with Crippen LogP contribution in [0.15, 0.2) is 188 Å². The lowest BCUT2D eigenvalue weighted by Crippen LogP contribution is -2.14. The highest BCUT2D eigenvalue weighted by Gasteiger charge is 2.35. The molecule has 2 heterocycles. The number of hydrogen-bond donors (Lipinski definition) is 0. The van der Waals surface area contributed by atoms with Gasteiger partial charge in [-0.15, -0.1) is 0 Å². The number of para-hydroxylation sites is 2. The average Bonchev–Trinajstić information content (AvgIpc) is 3.71. The monoisotopic (exact) mass is 715 g/mol. The third-order valence-electron chi connectivity index (χ3n) is 11.8. The molecule has 8 aromatic carbocycles. The van der Waals surface area contributed by atoms with Gasteiger partial charge in [0.1, 0.15) is 0 Å². The van der Waals surface area contributed by atoms with Gasteiger partial charge in [0, 0.05) is 38.6 Å². The second-order valence-electron chi connectivity index (χ2n) is 15.4. The summed E-state index contributed by atoms with van der Waals surface area (Å²) >= 11 is 0. The largest absolute Gasteiger partial charge is 0.309 e. The van der Waals surface area contributed by atoms with Gasteiger partial charge in [-0.3, -0.25) is 0 Å². The predicted octanol–water partition coefficient (Wildman–Crippen LogP) is 13.7. The average molecular weight is 716 g/mol. The van der Waals surface area contributed by atoms with Crippen LogP contribution in [0, 0.1) is 0 Å². The minimum Gasteiger partial charge on any atom is -0.309 e. The quantitative estimate of drug-likeness (QED) is 0.178. The lowest BCUT2D eigenvalue weighted by atomic mass is 9.82. The topological polar surface area (TPSA) is 30.7 Å². The molecular weight excluding hydrogens is 679 g/mol. The first-order valence-corrected chi connectivity index (χ1v) is 19.3. The van der Waals surface area contributed by atoms with Gasteiger partial charge in [-0.1, -0.05) is 159 Å². The molecule has 56 heavy (non-hydrogen) atoms. The van der Waals surface area contributed by atoms with Crippen molar-refractivity contribution in [2.75, 3.05) is 0 Å². The molecular formula is C53H37N3. The fourth-order valence-corrected chi connectivity index (χ4v) is 9.10. The molecule has 0 radical (unpaired) electrons. The predicted molar refractivity (Wildman–Crippen MR) is 233 cm³/mol. The molecule has 0 bridgehead atoms. The molecule has 11 rings (SSSR count). The highest BCUT2D eigenvalue weighted by molar-refractivity contribution is 6.12. The van der Waals surface area contributed by atoms with Crippen LogP contribution in [0.1, 0.15) is 25.0 Å². The van der Waals surface area contributed by atoms with E-state index in [0.717, 1.165) is 39.2 Å². The summed E-state index contributed by atoms with van der Waals surface area (Å²) < 4.78 is 2.37. The summed E-state index contributed by atoms with van der Waals surface area (Å²) in [4.78, 5) is 10.5. The molecule has 0 saturated heterocycles. The van der Waals surface area contributed by atoms with Crippen molar-refractivity contribution in [1.82, 2.24) is 14.5 Å². The second kappa shape index (κ2) is 12.5. The lowest BCUT2D eigenvalue weighted by Gasteiger charge is -2.21. The van der Waals surface area contributed by atoms with Crippen LogP contribution in [0.4, 0.5) is 0 Å². The Morgan fingerprint density at radius 2 is 0.982 bits per heavy atom. The third kappa shape index (κ3) is 4.98. The molecule has 0 saturated carbocycles. The minimum absolute atomic E-state index is 0.0549. The first kappa shape index (κ1) is 32.3. The third-order valence-corrected chi connectivity index (χ3v) is 11.8. The van der Waals surface area contributed by atoms with E-state index in [0.29, 0.717) is 5.82 Å². The fraction of sp³-hybridized carbons (Fsp3) is 0.0566. The minimum atomic E-state index is -0.0549. The van der Waals surface area contributed by atoms with Gasteiger partial charge in [0.2, 0.25) is 0 Å². The van der Waals surface area contributed by atoms with Crippen molar-refractivity contribution in [2.45, 2.75) is 19.3 Å². The van der Waals surface area contributed by atoms with E-state index in [1.807, 2.05) is 6.07 Å². The summed E-state index contributed by atoms with van der Waals surface area (Å²) in [6, 6.07) is 67.7. The van der Waals surface area contributed by atoms with E-state index < -0.39 is 0 Å². The van der Waals surface area contributed by atoms with Gasteiger partial charge in [0.25, 0.3) is 0 Å². The SMILES string of the molecule is CC1(C)c2ccccc2-c2cc(-c3cc(-c4ccc(-c5ccc6c(c5)c5ccccc5n6-c5ccccc5)c5ccccc45)nc(-c4ccccc4)n3)ccc21. The van der Waals surface area contributed by atoms with Crippen molar-refractivity contribution in [3.63, 3.8) is 0 Å². The maximum absolute atomic E-state index is 5.28. The number of nitrogens with zero attached hydrogens (tertiary/aromatic N) is 3. The van der Waals surface area contributed by atoms with Gasteiger partial charge in [-0.25, -0.2) is 9.97 Å². The normalized spacial score (nSPS) is 13.0. The van der Waals surface area contributed by atoms with E-state index in [2.05, 4.69) is 200 Å². The van der Waals surface area contributed by atoms with Gasteiger partial charge in [0.05, 0.1) is 22.4 Å². The Morgan fingerprint density at radius 1 is 0.375 bits per heavy atom. The molecule has 3 heteroatoms. The summed E-state index contributed by atoms with van der Waals surface area (Å²) in [6.07, 6.45) is 0. The summed E-state index contributed by atoms with van der Waals surface area (Å²) in [7, 11) is 0. The van der Waals surface area contributed by atoms with Crippen molar-refractivity contribution in [2.24, 2.45) is 0 Å². The van der Waals surface area contributed by atoms with E-state index in [4.69, 9.17) is 9.97 Å². The van der Waals surface area contributed by atoms with Gasteiger partial charge in [-0.2, -0.15) is 0 Å². The Hall–Kier alpha value is -7.10. The zero-order valence-corrected chi connectivity index (χ0v) is 31.2. The number of benzene rings is 8. The molecule has 10 aromatic rings.